The maximum absolute atomic E-state index is 5.70. The summed E-state index contributed by atoms with van der Waals surface area (Å²) in [7, 11) is 0. The lowest BCUT2D eigenvalue weighted by atomic mass is 10.3. The van der Waals surface area contributed by atoms with Crippen molar-refractivity contribution >= 4 is 17.2 Å². The van der Waals surface area contributed by atoms with Crippen LogP contribution in [0.4, 0.5) is 0 Å². The van der Waals surface area contributed by atoms with E-state index in [1.54, 1.807) is 0 Å². The highest BCUT2D eigenvalue weighted by molar-refractivity contribution is 7.80. The minimum Gasteiger partial charge on any atom is -0.489 e. The third-order valence-electron chi connectivity index (χ3n) is 2.48. The molecule has 0 fully saturated rings. The van der Waals surface area contributed by atoms with E-state index in [9.17, 15) is 0 Å². The highest BCUT2D eigenvalue weighted by atomic mass is 32.1. The van der Waals surface area contributed by atoms with Crippen molar-refractivity contribution in [1.82, 2.24) is 5.32 Å². The molecule has 0 aromatic heterocycles. The van der Waals surface area contributed by atoms with Gasteiger partial charge in [0.2, 0.25) is 5.75 Å². The Labute approximate surface area is 112 Å². The molecular formula is C13H17NO3S. The third kappa shape index (κ3) is 3.50. The molecule has 2 rings (SSSR count). The van der Waals surface area contributed by atoms with E-state index < -0.39 is 0 Å². The Morgan fingerprint density at radius 1 is 1.39 bits per heavy atom. The van der Waals surface area contributed by atoms with Gasteiger partial charge >= 0.3 is 0 Å². The predicted octanol–water partition coefficient (Wildman–Crippen LogP) is 2.16. The number of hydrogen-bond acceptors (Lipinski definition) is 4. The second-order valence-corrected chi connectivity index (χ2v) is 4.58. The van der Waals surface area contributed by atoms with Crippen LogP contribution in [0.2, 0.25) is 0 Å². The molecule has 4 nitrogen and oxygen atoms in total. The summed E-state index contributed by atoms with van der Waals surface area (Å²) in [6, 6.07) is 5.69. The van der Waals surface area contributed by atoms with Gasteiger partial charge in [0.25, 0.3) is 0 Å². The molecule has 1 aromatic rings. The standard InChI is InChI=1S/C13H17NO3S/c1-10(18)14-6-3-7-15-11-4-2-5-12-13(11)17-9-8-16-12/h2,4-5H,3,6-9H2,1H3,(H,14,18). The number of rotatable bonds is 5. The number of thiocarbonyl (C=S) groups is 1. The fourth-order valence-corrected chi connectivity index (χ4v) is 1.78. The summed E-state index contributed by atoms with van der Waals surface area (Å²) in [5.41, 5.74) is 0. The van der Waals surface area contributed by atoms with Crippen molar-refractivity contribution < 1.29 is 14.2 Å². The molecule has 1 aromatic carbocycles. The zero-order valence-corrected chi connectivity index (χ0v) is 11.2. The quantitative estimate of drug-likeness (QED) is 0.654. The normalized spacial score (nSPS) is 12.9. The Kier molecular flexibility index (Phi) is 4.64. The van der Waals surface area contributed by atoms with Crippen LogP contribution in [-0.4, -0.2) is 31.4 Å². The highest BCUT2D eigenvalue weighted by Crippen LogP contribution is 2.38. The summed E-state index contributed by atoms with van der Waals surface area (Å²) in [6.45, 7) is 4.47. The van der Waals surface area contributed by atoms with E-state index >= 15 is 0 Å². The fraction of sp³-hybridized carbons (Fsp3) is 0.462. The van der Waals surface area contributed by atoms with Gasteiger partial charge in [-0.05, 0) is 25.5 Å². The number of nitrogens with one attached hydrogen (secondary N) is 1. The van der Waals surface area contributed by atoms with E-state index in [1.165, 1.54) is 0 Å². The number of ether oxygens (including phenoxy) is 3. The molecule has 0 aliphatic carbocycles. The summed E-state index contributed by atoms with van der Waals surface area (Å²) in [6.07, 6.45) is 0.887. The van der Waals surface area contributed by atoms with Crippen molar-refractivity contribution in [2.24, 2.45) is 0 Å². The second kappa shape index (κ2) is 6.44. The van der Waals surface area contributed by atoms with Gasteiger partial charge in [-0.15, -0.1) is 0 Å². The highest BCUT2D eigenvalue weighted by Gasteiger charge is 2.16. The van der Waals surface area contributed by atoms with Crippen molar-refractivity contribution in [3.8, 4) is 17.2 Å². The first-order chi connectivity index (χ1) is 8.77. The van der Waals surface area contributed by atoms with Gasteiger partial charge in [-0.2, -0.15) is 0 Å². The van der Waals surface area contributed by atoms with Crippen LogP contribution in [0.5, 0.6) is 17.2 Å². The predicted molar refractivity (Wildman–Crippen MR) is 73.8 cm³/mol. The Bertz CT molecular complexity index is 423. The van der Waals surface area contributed by atoms with Crippen LogP contribution in [0.25, 0.3) is 0 Å². The van der Waals surface area contributed by atoms with Crippen molar-refractivity contribution in [3.63, 3.8) is 0 Å². The monoisotopic (exact) mass is 267 g/mol. The molecule has 1 aliphatic rings. The van der Waals surface area contributed by atoms with Crippen molar-refractivity contribution in [3.05, 3.63) is 18.2 Å². The van der Waals surface area contributed by atoms with Crippen molar-refractivity contribution in [2.45, 2.75) is 13.3 Å². The van der Waals surface area contributed by atoms with Crippen LogP contribution < -0.4 is 19.5 Å². The molecule has 5 heteroatoms. The van der Waals surface area contributed by atoms with Gasteiger partial charge in [0.1, 0.15) is 13.2 Å². The van der Waals surface area contributed by atoms with E-state index in [-0.39, 0.29) is 0 Å². The van der Waals surface area contributed by atoms with E-state index in [4.69, 9.17) is 26.4 Å². The first kappa shape index (κ1) is 13.0. The Morgan fingerprint density at radius 2 is 2.22 bits per heavy atom. The largest absolute Gasteiger partial charge is 0.489 e. The zero-order chi connectivity index (χ0) is 12.8. The van der Waals surface area contributed by atoms with Gasteiger partial charge in [-0.25, -0.2) is 0 Å². The van der Waals surface area contributed by atoms with Gasteiger partial charge in [-0.3, -0.25) is 0 Å². The molecular weight excluding hydrogens is 250 g/mol. The van der Waals surface area contributed by atoms with Gasteiger partial charge < -0.3 is 19.5 Å². The summed E-state index contributed by atoms with van der Waals surface area (Å²) in [5, 5.41) is 3.09. The fourth-order valence-electron chi connectivity index (χ4n) is 1.68. The summed E-state index contributed by atoms with van der Waals surface area (Å²) in [5.74, 6) is 2.21. The number of para-hydroxylation sites is 1. The molecule has 1 heterocycles. The molecule has 1 aliphatic heterocycles. The van der Waals surface area contributed by atoms with Crippen LogP contribution in [0, 0.1) is 0 Å². The maximum Gasteiger partial charge on any atom is 0.203 e. The molecule has 0 saturated heterocycles. The molecule has 0 saturated carbocycles. The minimum absolute atomic E-state index is 0.568. The zero-order valence-electron chi connectivity index (χ0n) is 10.4. The molecule has 1 N–H and O–H groups in total. The molecule has 0 radical (unpaired) electrons. The molecule has 0 atom stereocenters. The molecule has 0 unspecified atom stereocenters. The molecule has 0 bridgehead atoms. The topological polar surface area (TPSA) is 39.7 Å². The molecule has 0 spiro atoms. The Morgan fingerprint density at radius 3 is 3.06 bits per heavy atom. The SMILES string of the molecule is CC(=S)NCCCOc1cccc2c1OCCO2. The summed E-state index contributed by atoms with van der Waals surface area (Å²) >= 11 is 4.93. The third-order valence-corrected chi connectivity index (χ3v) is 2.63. The van der Waals surface area contributed by atoms with Crippen molar-refractivity contribution in [2.75, 3.05) is 26.4 Å². The molecule has 98 valence electrons. The molecule has 18 heavy (non-hydrogen) atoms. The van der Waals surface area contributed by atoms with Crippen LogP contribution in [0.1, 0.15) is 13.3 Å². The first-order valence-corrected chi connectivity index (χ1v) is 6.44. The first-order valence-electron chi connectivity index (χ1n) is 6.03. The number of fused-ring (bicyclic) bond motifs is 1. The van der Waals surface area contributed by atoms with Gasteiger partial charge in [0.15, 0.2) is 11.5 Å². The van der Waals surface area contributed by atoms with Crippen LogP contribution in [0.15, 0.2) is 18.2 Å². The average Bonchev–Trinajstić information content (AvgIpc) is 2.38. The van der Waals surface area contributed by atoms with E-state index in [0.29, 0.717) is 25.6 Å². The van der Waals surface area contributed by atoms with Crippen LogP contribution >= 0.6 is 12.2 Å². The second-order valence-electron chi connectivity index (χ2n) is 3.97. The summed E-state index contributed by atoms with van der Waals surface area (Å²) < 4.78 is 16.7. The van der Waals surface area contributed by atoms with E-state index in [0.717, 1.165) is 29.5 Å². The number of benzene rings is 1. The Balaban J connectivity index is 1.84. The van der Waals surface area contributed by atoms with Gasteiger partial charge in [-0.1, -0.05) is 18.3 Å². The summed E-state index contributed by atoms with van der Waals surface area (Å²) in [4.78, 5) is 0.809. The van der Waals surface area contributed by atoms with Crippen molar-refractivity contribution in [1.29, 1.82) is 0 Å². The van der Waals surface area contributed by atoms with Crippen LogP contribution in [0.3, 0.4) is 0 Å². The van der Waals surface area contributed by atoms with E-state index in [2.05, 4.69) is 5.32 Å². The smallest absolute Gasteiger partial charge is 0.203 e. The maximum atomic E-state index is 5.70. The molecule has 0 amide bonds. The lowest BCUT2D eigenvalue weighted by Gasteiger charge is -2.20. The van der Waals surface area contributed by atoms with E-state index in [1.807, 2.05) is 25.1 Å². The average molecular weight is 267 g/mol. The van der Waals surface area contributed by atoms with Crippen LogP contribution in [-0.2, 0) is 0 Å². The minimum atomic E-state index is 0.568. The van der Waals surface area contributed by atoms with Gasteiger partial charge in [0.05, 0.1) is 11.6 Å². The number of hydrogen-bond donors (Lipinski definition) is 1. The lowest BCUT2D eigenvalue weighted by Crippen LogP contribution is -2.21. The lowest BCUT2D eigenvalue weighted by molar-refractivity contribution is 0.161. The van der Waals surface area contributed by atoms with Gasteiger partial charge in [0, 0.05) is 6.54 Å². The Hall–Kier alpha value is -1.49.